The third kappa shape index (κ3) is 6.42. The van der Waals surface area contributed by atoms with Crippen LogP contribution in [0, 0.1) is 5.92 Å². The van der Waals surface area contributed by atoms with Crippen LogP contribution < -0.4 is 10.1 Å². The lowest BCUT2D eigenvalue weighted by Gasteiger charge is -2.20. The highest BCUT2D eigenvalue weighted by atomic mass is 16.5. The van der Waals surface area contributed by atoms with Gasteiger partial charge in [0.1, 0.15) is 5.75 Å². The molecule has 1 rings (SSSR count). The maximum atomic E-state index is 5.51. The number of hydrogen-bond donors (Lipinski definition) is 1. The zero-order chi connectivity index (χ0) is 14.8. The van der Waals surface area contributed by atoms with E-state index in [2.05, 4.69) is 50.4 Å². The van der Waals surface area contributed by atoms with Gasteiger partial charge < -0.3 is 10.1 Å². The standard InChI is InChI=1S/C18H31NO/c1-5-14-19-18(9-7-8-15(3)4)16-10-12-17(13-11-16)20-6-2/h10-13,15,18-19H,5-9,14H2,1-4H3. The molecule has 0 aliphatic carbocycles. The lowest BCUT2D eigenvalue weighted by atomic mass is 9.98. The van der Waals surface area contributed by atoms with Crippen molar-refractivity contribution in [2.24, 2.45) is 5.92 Å². The largest absolute Gasteiger partial charge is 0.494 e. The topological polar surface area (TPSA) is 21.3 Å². The van der Waals surface area contributed by atoms with Crippen LogP contribution >= 0.6 is 0 Å². The number of nitrogens with one attached hydrogen (secondary N) is 1. The molecule has 114 valence electrons. The molecule has 0 saturated heterocycles. The van der Waals surface area contributed by atoms with E-state index in [4.69, 9.17) is 4.74 Å². The summed E-state index contributed by atoms with van der Waals surface area (Å²) in [6.45, 7) is 10.6. The molecule has 0 aliphatic heterocycles. The number of hydrogen-bond acceptors (Lipinski definition) is 2. The fraction of sp³-hybridized carbons (Fsp3) is 0.667. The minimum atomic E-state index is 0.476. The molecule has 0 heterocycles. The molecule has 0 amide bonds. The Kier molecular flexibility index (Phi) is 8.36. The van der Waals surface area contributed by atoms with Crippen molar-refractivity contribution in [3.05, 3.63) is 29.8 Å². The SMILES string of the molecule is CCCNC(CCCC(C)C)c1ccc(OCC)cc1. The molecular weight excluding hydrogens is 246 g/mol. The van der Waals surface area contributed by atoms with Gasteiger partial charge in [0.2, 0.25) is 0 Å². The molecule has 0 radical (unpaired) electrons. The fourth-order valence-electron chi connectivity index (χ4n) is 2.40. The zero-order valence-corrected chi connectivity index (χ0v) is 13.6. The molecule has 1 atom stereocenters. The minimum absolute atomic E-state index is 0.476. The number of ether oxygens (including phenoxy) is 1. The summed E-state index contributed by atoms with van der Waals surface area (Å²) in [6.07, 6.45) is 4.98. The Hall–Kier alpha value is -1.02. The van der Waals surface area contributed by atoms with E-state index in [0.29, 0.717) is 6.04 Å². The molecule has 0 saturated carbocycles. The van der Waals surface area contributed by atoms with Gasteiger partial charge in [0.15, 0.2) is 0 Å². The molecule has 1 unspecified atom stereocenters. The fourth-order valence-corrected chi connectivity index (χ4v) is 2.40. The van der Waals surface area contributed by atoms with Crippen molar-refractivity contribution < 1.29 is 4.74 Å². The summed E-state index contributed by atoms with van der Waals surface area (Å²) in [5, 5.41) is 3.67. The van der Waals surface area contributed by atoms with Gasteiger partial charge >= 0.3 is 0 Å². The number of benzene rings is 1. The van der Waals surface area contributed by atoms with E-state index in [0.717, 1.165) is 24.8 Å². The van der Waals surface area contributed by atoms with E-state index in [1.54, 1.807) is 0 Å². The summed E-state index contributed by atoms with van der Waals surface area (Å²) in [4.78, 5) is 0. The summed E-state index contributed by atoms with van der Waals surface area (Å²) in [6, 6.07) is 9.05. The second kappa shape index (κ2) is 9.82. The Bertz CT molecular complexity index is 345. The lowest BCUT2D eigenvalue weighted by Crippen LogP contribution is -2.22. The van der Waals surface area contributed by atoms with Gasteiger partial charge in [-0.25, -0.2) is 0 Å². The van der Waals surface area contributed by atoms with Crippen LogP contribution in [-0.2, 0) is 0 Å². The second-order valence-corrected chi connectivity index (χ2v) is 5.83. The van der Waals surface area contributed by atoms with Crippen molar-refractivity contribution in [2.45, 2.75) is 59.4 Å². The highest BCUT2D eigenvalue weighted by Crippen LogP contribution is 2.23. The third-order valence-electron chi connectivity index (χ3n) is 3.51. The molecule has 0 aliphatic rings. The average molecular weight is 277 g/mol. The van der Waals surface area contributed by atoms with Crippen LogP contribution in [0.2, 0.25) is 0 Å². The predicted molar refractivity (Wildman–Crippen MR) is 87.3 cm³/mol. The molecule has 2 nitrogen and oxygen atoms in total. The lowest BCUT2D eigenvalue weighted by molar-refractivity contribution is 0.340. The van der Waals surface area contributed by atoms with E-state index < -0.39 is 0 Å². The first-order chi connectivity index (χ1) is 9.67. The Morgan fingerprint density at radius 1 is 1.05 bits per heavy atom. The molecule has 0 fully saturated rings. The predicted octanol–water partition coefficient (Wildman–Crippen LogP) is 4.95. The Balaban J connectivity index is 2.60. The summed E-state index contributed by atoms with van der Waals surface area (Å²) >= 11 is 0. The van der Waals surface area contributed by atoms with Gasteiger partial charge in [0.05, 0.1) is 6.61 Å². The van der Waals surface area contributed by atoms with Crippen molar-refractivity contribution >= 4 is 0 Å². The molecule has 0 aromatic heterocycles. The van der Waals surface area contributed by atoms with Gasteiger partial charge in [0.25, 0.3) is 0 Å². The van der Waals surface area contributed by atoms with E-state index in [1.165, 1.54) is 31.2 Å². The van der Waals surface area contributed by atoms with Gasteiger partial charge in [-0.3, -0.25) is 0 Å². The van der Waals surface area contributed by atoms with Gasteiger partial charge in [-0.05, 0) is 49.9 Å². The molecule has 0 spiro atoms. The molecule has 1 N–H and O–H groups in total. The van der Waals surface area contributed by atoms with E-state index in [-0.39, 0.29) is 0 Å². The smallest absolute Gasteiger partial charge is 0.119 e. The van der Waals surface area contributed by atoms with Crippen LogP contribution in [0.3, 0.4) is 0 Å². The normalized spacial score (nSPS) is 12.7. The molecule has 1 aromatic carbocycles. The van der Waals surface area contributed by atoms with Crippen molar-refractivity contribution in [2.75, 3.05) is 13.2 Å². The summed E-state index contributed by atoms with van der Waals surface area (Å²) in [5.74, 6) is 1.76. The highest BCUT2D eigenvalue weighted by molar-refractivity contribution is 5.29. The van der Waals surface area contributed by atoms with Crippen molar-refractivity contribution in [1.82, 2.24) is 5.32 Å². The van der Waals surface area contributed by atoms with Gasteiger partial charge in [0, 0.05) is 6.04 Å². The third-order valence-corrected chi connectivity index (χ3v) is 3.51. The van der Waals surface area contributed by atoms with Crippen molar-refractivity contribution in [3.63, 3.8) is 0 Å². The number of rotatable bonds is 10. The van der Waals surface area contributed by atoms with Crippen molar-refractivity contribution in [1.29, 1.82) is 0 Å². The van der Waals surface area contributed by atoms with Gasteiger partial charge in [-0.1, -0.05) is 45.7 Å². The first-order valence-electron chi connectivity index (χ1n) is 8.13. The summed E-state index contributed by atoms with van der Waals surface area (Å²) in [7, 11) is 0. The van der Waals surface area contributed by atoms with E-state index in [9.17, 15) is 0 Å². The van der Waals surface area contributed by atoms with Gasteiger partial charge in [-0.15, -0.1) is 0 Å². The summed E-state index contributed by atoms with van der Waals surface area (Å²) < 4.78 is 5.51. The highest BCUT2D eigenvalue weighted by Gasteiger charge is 2.10. The van der Waals surface area contributed by atoms with Gasteiger partial charge in [-0.2, -0.15) is 0 Å². The molecule has 1 aromatic rings. The van der Waals surface area contributed by atoms with Crippen LogP contribution in [-0.4, -0.2) is 13.2 Å². The van der Waals surface area contributed by atoms with Crippen LogP contribution in [0.15, 0.2) is 24.3 Å². The zero-order valence-electron chi connectivity index (χ0n) is 13.6. The van der Waals surface area contributed by atoms with Crippen LogP contribution in [0.1, 0.15) is 65.0 Å². The van der Waals surface area contributed by atoms with Crippen LogP contribution in [0.25, 0.3) is 0 Å². The maximum Gasteiger partial charge on any atom is 0.119 e. The second-order valence-electron chi connectivity index (χ2n) is 5.83. The Labute approximate surface area is 124 Å². The minimum Gasteiger partial charge on any atom is -0.494 e. The first-order valence-corrected chi connectivity index (χ1v) is 8.13. The van der Waals surface area contributed by atoms with Crippen LogP contribution in [0.5, 0.6) is 5.75 Å². The molecule has 2 heteroatoms. The first kappa shape index (κ1) is 17.0. The van der Waals surface area contributed by atoms with E-state index in [1.807, 2.05) is 6.92 Å². The average Bonchev–Trinajstić information content (AvgIpc) is 2.43. The van der Waals surface area contributed by atoms with Crippen molar-refractivity contribution in [3.8, 4) is 5.75 Å². The molecule has 20 heavy (non-hydrogen) atoms. The Morgan fingerprint density at radius 3 is 2.30 bits per heavy atom. The monoisotopic (exact) mass is 277 g/mol. The maximum absolute atomic E-state index is 5.51. The quantitative estimate of drug-likeness (QED) is 0.653. The molecular formula is C18H31NO. The molecule has 0 bridgehead atoms. The Morgan fingerprint density at radius 2 is 1.75 bits per heavy atom. The van der Waals surface area contributed by atoms with Crippen LogP contribution in [0.4, 0.5) is 0 Å². The van der Waals surface area contributed by atoms with E-state index >= 15 is 0 Å². The summed E-state index contributed by atoms with van der Waals surface area (Å²) in [5.41, 5.74) is 1.38.